The molecule has 2 aromatic rings. The Morgan fingerprint density at radius 2 is 2.11 bits per heavy atom. The molecule has 1 aromatic heterocycles. The number of aromatic nitrogens is 2. The van der Waals surface area contributed by atoms with E-state index >= 15 is 0 Å². The molecule has 0 atom stereocenters. The highest BCUT2D eigenvalue weighted by atomic mass is 19.4. The quantitative estimate of drug-likeness (QED) is 0.924. The van der Waals surface area contributed by atoms with Crippen molar-refractivity contribution in [3.05, 3.63) is 53.6 Å². The van der Waals surface area contributed by atoms with Gasteiger partial charge in [0.1, 0.15) is 0 Å². The first kappa shape index (κ1) is 13.6. The van der Waals surface area contributed by atoms with Gasteiger partial charge in [-0.25, -0.2) is 4.98 Å². The van der Waals surface area contributed by atoms with Crippen LogP contribution in [0.3, 0.4) is 0 Å². The Hall–Kier alpha value is -1.82. The zero-order chi connectivity index (χ0) is 13.9. The SMILES string of the molecule is CNCc1cncn1Cc1cccc(C(F)(F)F)c1. The van der Waals surface area contributed by atoms with E-state index in [2.05, 4.69) is 10.3 Å². The lowest BCUT2D eigenvalue weighted by molar-refractivity contribution is -0.137. The Labute approximate surface area is 109 Å². The molecule has 0 amide bonds. The monoisotopic (exact) mass is 269 g/mol. The number of hydrogen-bond acceptors (Lipinski definition) is 2. The lowest BCUT2D eigenvalue weighted by Gasteiger charge is -2.11. The fourth-order valence-electron chi connectivity index (χ4n) is 1.86. The summed E-state index contributed by atoms with van der Waals surface area (Å²) in [5.41, 5.74) is 0.908. The number of alkyl halides is 3. The molecule has 0 aliphatic carbocycles. The predicted octanol–water partition coefficient (Wildman–Crippen LogP) is 2.67. The molecular weight excluding hydrogens is 255 g/mol. The Morgan fingerprint density at radius 1 is 1.32 bits per heavy atom. The summed E-state index contributed by atoms with van der Waals surface area (Å²) in [5, 5.41) is 2.99. The highest BCUT2D eigenvalue weighted by Gasteiger charge is 2.30. The van der Waals surface area contributed by atoms with Crippen LogP contribution in [0.5, 0.6) is 0 Å². The number of imidazole rings is 1. The molecule has 0 bridgehead atoms. The van der Waals surface area contributed by atoms with Gasteiger partial charge in [-0.05, 0) is 24.7 Å². The molecule has 1 N–H and O–H groups in total. The average Bonchev–Trinajstić information content (AvgIpc) is 2.77. The van der Waals surface area contributed by atoms with Crippen molar-refractivity contribution in [2.45, 2.75) is 19.3 Å². The van der Waals surface area contributed by atoms with Gasteiger partial charge in [-0.15, -0.1) is 0 Å². The molecule has 0 aliphatic rings. The zero-order valence-corrected chi connectivity index (χ0v) is 10.4. The Morgan fingerprint density at radius 3 is 2.79 bits per heavy atom. The highest BCUT2D eigenvalue weighted by Crippen LogP contribution is 2.29. The summed E-state index contributed by atoms with van der Waals surface area (Å²) < 4.78 is 39.7. The molecule has 0 radical (unpaired) electrons. The van der Waals surface area contributed by atoms with Gasteiger partial charge >= 0.3 is 6.18 Å². The third kappa shape index (κ3) is 3.35. The maximum absolute atomic E-state index is 12.6. The maximum atomic E-state index is 12.6. The lowest BCUT2D eigenvalue weighted by Crippen LogP contribution is -2.12. The first-order chi connectivity index (χ1) is 9.00. The van der Waals surface area contributed by atoms with Crippen molar-refractivity contribution in [3.8, 4) is 0 Å². The van der Waals surface area contributed by atoms with Crippen LogP contribution in [0.1, 0.15) is 16.8 Å². The van der Waals surface area contributed by atoms with Crippen molar-refractivity contribution in [3.63, 3.8) is 0 Å². The second kappa shape index (κ2) is 5.44. The topological polar surface area (TPSA) is 29.9 Å². The summed E-state index contributed by atoms with van der Waals surface area (Å²) in [4.78, 5) is 4.01. The van der Waals surface area contributed by atoms with Crippen LogP contribution in [0.4, 0.5) is 13.2 Å². The Kier molecular flexibility index (Phi) is 3.90. The van der Waals surface area contributed by atoms with E-state index in [0.717, 1.165) is 11.8 Å². The van der Waals surface area contributed by atoms with E-state index in [1.54, 1.807) is 18.6 Å². The summed E-state index contributed by atoms with van der Waals surface area (Å²) in [6.07, 6.45) is -0.990. The number of nitrogens with zero attached hydrogens (tertiary/aromatic N) is 2. The second-order valence-corrected chi connectivity index (χ2v) is 4.24. The van der Waals surface area contributed by atoms with Gasteiger partial charge in [-0.2, -0.15) is 13.2 Å². The van der Waals surface area contributed by atoms with Crippen LogP contribution < -0.4 is 5.32 Å². The van der Waals surface area contributed by atoms with E-state index < -0.39 is 11.7 Å². The molecule has 0 fully saturated rings. The largest absolute Gasteiger partial charge is 0.416 e. The van der Waals surface area contributed by atoms with Gasteiger partial charge < -0.3 is 9.88 Å². The zero-order valence-electron chi connectivity index (χ0n) is 10.4. The molecule has 0 spiro atoms. The molecular formula is C13H14F3N3. The molecule has 0 unspecified atom stereocenters. The molecule has 3 nitrogen and oxygen atoms in total. The van der Waals surface area contributed by atoms with E-state index in [9.17, 15) is 13.2 Å². The fraction of sp³-hybridized carbons (Fsp3) is 0.308. The van der Waals surface area contributed by atoms with Crippen molar-refractivity contribution < 1.29 is 13.2 Å². The minimum absolute atomic E-state index is 0.376. The minimum atomic E-state index is -4.31. The van der Waals surface area contributed by atoms with E-state index in [4.69, 9.17) is 0 Å². The van der Waals surface area contributed by atoms with Crippen molar-refractivity contribution in [2.24, 2.45) is 0 Å². The van der Waals surface area contributed by atoms with Crippen LogP contribution in [-0.4, -0.2) is 16.6 Å². The summed E-state index contributed by atoms with van der Waals surface area (Å²) >= 11 is 0. The van der Waals surface area contributed by atoms with Crippen molar-refractivity contribution in [1.29, 1.82) is 0 Å². The summed E-state index contributed by atoms with van der Waals surface area (Å²) in [7, 11) is 1.81. The van der Waals surface area contributed by atoms with Gasteiger partial charge in [-0.1, -0.05) is 12.1 Å². The van der Waals surface area contributed by atoms with Crippen molar-refractivity contribution >= 4 is 0 Å². The van der Waals surface area contributed by atoms with E-state index in [1.807, 2.05) is 11.6 Å². The predicted molar refractivity (Wildman–Crippen MR) is 65.5 cm³/mol. The number of hydrogen-bond donors (Lipinski definition) is 1. The lowest BCUT2D eigenvalue weighted by atomic mass is 10.1. The summed E-state index contributed by atoms with van der Waals surface area (Å²) in [5.74, 6) is 0. The number of nitrogens with one attached hydrogen (secondary N) is 1. The maximum Gasteiger partial charge on any atom is 0.416 e. The second-order valence-electron chi connectivity index (χ2n) is 4.24. The molecule has 0 saturated carbocycles. The normalized spacial score (nSPS) is 11.8. The summed E-state index contributed by atoms with van der Waals surface area (Å²) in [6.45, 7) is 1.000. The fourth-order valence-corrected chi connectivity index (χ4v) is 1.86. The average molecular weight is 269 g/mol. The molecule has 1 aromatic carbocycles. The molecule has 1 heterocycles. The number of benzene rings is 1. The summed E-state index contributed by atoms with van der Waals surface area (Å²) in [6, 6.07) is 5.35. The van der Waals surface area contributed by atoms with Crippen LogP contribution in [0.15, 0.2) is 36.8 Å². The molecule has 6 heteroatoms. The first-order valence-electron chi connectivity index (χ1n) is 5.80. The van der Waals surface area contributed by atoms with Gasteiger partial charge in [0.15, 0.2) is 0 Å². The van der Waals surface area contributed by atoms with Crippen LogP contribution in [0.25, 0.3) is 0 Å². The molecule has 102 valence electrons. The molecule has 2 rings (SSSR count). The van der Waals surface area contributed by atoms with Gasteiger partial charge in [0.25, 0.3) is 0 Å². The number of rotatable bonds is 4. The third-order valence-electron chi connectivity index (χ3n) is 2.76. The van der Waals surface area contributed by atoms with Gasteiger partial charge in [0, 0.05) is 19.3 Å². The van der Waals surface area contributed by atoms with Crippen LogP contribution >= 0.6 is 0 Å². The van der Waals surface area contributed by atoms with E-state index in [0.29, 0.717) is 18.7 Å². The van der Waals surface area contributed by atoms with Crippen LogP contribution in [0.2, 0.25) is 0 Å². The van der Waals surface area contributed by atoms with Gasteiger partial charge in [-0.3, -0.25) is 0 Å². The van der Waals surface area contributed by atoms with E-state index in [1.165, 1.54) is 12.1 Å². The highest BCUT2D eigenvalue weighted by molar-refractivity contribution is 5.26. The Balaban J connectivity index is 2.21. The Bertz CT molecular complexity index is 546. The van der Waals surface area contributed by atoms with Gasteiger partial charge in [0.05, 0.1) is 17.6 Å². The molecule has 0 aliphatic heterocycles. The smallest absolute Gasteiger partial charge is 0.329 e. The van der Waals surface area contributed by atoms with Crippen LogP contribution in [0, 0.1) is 0 Å². The first-order valence-corrected chi connectivity index (χ1v) is 5.80. The van der Waals surface area contributed by atoms with Crippen molar-refractivity contribution in [1.82, 2.24) is 14.9 Å². The van der Waals surface area contributed by atoms with Crippen molar-refractivity contribution in [2.75, 3.05) is 7.05 Å². The minimum Gasteiger partial charge on any atom is -0.329 e. The van der Waals surface area contributed by atoms with Gasteiger partial charge in [0.2, 0.25) is 0 Å². The number of halogens is 3. The van der Waals surface area contributed by atoms with Crippen LogP contribution in [-0.2, 0) is 19.3 Å². The standard InChI is InChI=1S/C13H14F3N3/c1-17-6-12-7-18-9-19(12)8-10-3-2-4-11(5-10)13(14,15)16/h2-5,7,9,17H,6,8H2,1H3. The third-order valence-corrected chi connectivity index (χ3v) is 2.76. The van der Waals surface area contributed by atoms with E-state index in [-0.39, 0.29) is 0 Å². The molecule has 0 saturated heterocycles. The molecule has 19 heavy (non-hydrogen) atoms.